The van der Waals surface area contributed by atoms with Crippen molar-refractivity contribution in [3.8, 4) is 0 Å². The van der Waals surface area contributed by atoms with Gasteiger partial charge < -0.3 is 10.1 Å². The van der Waals surface area contributed by atoms with Gasteiger partial charge in [0, 0.05) is 21.6 Å². The van der Waals surface area contributed by atoms with Crippen LogP contribution in [0, 0.1) is 15.2 Å². The molecule has 2 aromatic rings. The van der Waals surface area contributed by atoms with Crippen molar-refractivity contribution >= 4 is 34.5 Å². The minimum Gasteiger partial charge on any atom is -0.467 e. The zero-order chi connectivity index (χ0) is 17.7. The van der Waals surface area contributed by atoms with Crippen LogP contribution in [-0.2, 0) is 16.0 Å². The van der Waals surface area contributed by atoms with Gasteiger partial charge in [0.25, 0.3) is 5.91 Å². The quantitative estimate of drug-likeness (QED) is 0.569. The predicted molar refractivity (Wildman–Crippen MR) is 92.5 cm³/mol. The number of carbonyl (C=O) groups excluding carboxylic acids is 2. The summed E-state index contributed by atoms with van der Waals surface area (Å²) in [4.78, 5) is 24.1. The molecular weight excluding hydrogens is 431 g/mol. The summed E-state index contributed by atoms with van der Waals surface area (Å²) in [6.07, 6.45) is 0.204. The Labute approximate surface area is 151 Å². The lowest BCUT2D eigenvalue weighted by molar-refractivity contribution is -0.142. The van der Waals surface area contributed by atoms with Crippen molar-refractivity contribution in [2.24, 2.45) is 0 Å². The Balaban J connectivity index is 2.21. The molecule has 0 bridgehead atoms. The number of amides is 1. The molecule has 0 aliphatic rings. The Morgan fingerprint density at radius 3 is 2.38 bits per heavy atom. The van der Waals surface area contributed by atoms with Gasteiger partial charge in [-0.3, -0.25) is 4.79 Å². The molecule has 126 valence electrons. The largest absolute Gasteiger partial charge is 0.467 e. The number of ether oxygens (including phenoxy) is 1. The fourth-order valence-corrected chi connectivity index (χ4v) is 2.75. The van der Waals surface area contributed by atoms with Crippen LogP contribution in [0.5, 0.6) is 0 Å². The highest BCUT2D eigenvalue weighted by Crippen LogP contribution is 2.15. The lowest BCUT2D eigenvalue weighted by Crippen LogP contribution is -2.43. The Bertz CT molecular complexity index is 747. The van der Waals surface area contributed by atoms with E-state index < -0.39 is 29.6 Å². The van der Waals surface area contributed by atoms with Gasteiger partial charge in [-0.25, -0.2) is 13.6 Å². The summed E-state index contributed by atoms with van der Waals surface area (Å²) in [6.45, 7) is 0. The highest BCUT2D eigenvalue weighted by molar-refractivity contribution is 14.1. The van der Waals surface area contributed by atoms with Crippen molar-refractivity contribution in [1.29, 1.82) is 0 Å². The maximum atomic E-state index is 13.2. The van der Waals surface area contributed by atoms with Crippen LogP contribution >= 0.6 is 22.6 Å². The third-order valence-electron chi connectivity index (χ3n) is 3.30. The van der Waals surface area contributed by atoms with E-state index in [0.717, 1.165) is 21.3 Å². The van der Waals surface area contributed by atoms with Crippen LogP contribution < -0.4 is 5.32 Å². The Morgan fingerprint density at radius 1 is 1.17 bits per heavy atom. The number of hydrogen-bond donors (Lipinski definition) is 1. The van der Waals surface area contributed by atoms with E-state index >= 15 is 0 Å². The fraction of sp³-hybridized carbons (Fsp3) is 0.176. The van der Waals surface area contributed by atoms with Crippen molar-refractivity contribution < 1.29 is 23.1 Å². The number of nitrogens with one attached hydrogen (secondary N) is 1. The van der Waals surface area contributed by atoms with Crippen LogP contribution in [0.15, 0.2) is 42.5 Å². The average molecular weight is 445 g/mol. The second-order valence-electron chi connectivity index (χ2n) is 5.00. The number of halogens is 3. The number of benzene rings is 2. The molecule has 0 aromatic heterocycles. The van der Waals surface area contributed by atoms with E-state index in [1.165, 1.54) is 7.11 Å². The van der Waals surface area contributed by atoms with Crippen molar-refractivity contribution in [3.05, 3.63) is 68.8 Å². The van der Waals surface area contributed by atoms with E-state index in [1.54, 1.807) is 0 Å². The van der Waals surface area contributed by atoms with Crippen LogP contribution in [0.1, 0.15) is 15.9 Å². The SMILES string of the molecule is COC(=O)[C@@H](Cc1ccccc1I)NC(=O)c1cc(F)cc(F)c1. The zero-order valence-electron chi connectivity index (χ0n) is 12.7. The van der Waals surface area contributed by atoms with Gasteiger partial charge in [-0.05, 0) is 46.4 Å². The van der Waals surface area contributed by atoms with Gasteiger partial charge in [0.2, 0.25) is 0 Å². The summed E-state index contributed by atoms with van der Waals surface area (Å²) in [7, 11) is 1.21. The number of esters is 1. The molecule has 4 nitrogen and oxygen atoms in total. The fourth-order valence-electron chi connectivity index (χ4n) is 2.15. The molecule has 2 rings (SSSR count). The van der Waals surface area contributed by atoms with Crippen molar-refractivity contribution in [2.45, 2.75) is 12.5 Å². The molecule has 0 unspecified atom stereocenters. The van der Waals surface area contributed by atoms with Gasteiger partial charge in [-0.15, -0.1) is 0 Å². The van der Waals surface area contributed by atoms with E-state index in [9.17, 15) is 18.4 Å². The third-order valence-corrected chi connectivity index (χ3v) is 4.35. The van der Waals surface area contributed by atoms with E-state index in [0.29, 0.717) is 6.07 Å². The predicted octanol–water partition coefficient (Wildman–Crippen LogP) is 3.08. The second kappa shape index (κ2) is 8.18. The summed E-state index contributed by atoms with van der Waals surface area (Å²) < 4.78 is 32.1. The third kappa shape index (κ3) is 4.73. The summed E-state index contributed by atoms with van der Waals surface area (Å²) in [5.74, 6) is -3.13. The van der Waals surface area contributed by atoms with Gasteiger partial charge in [-0.2, -0.15) is 0 Å². The topological polar surface area (TPSA) is 55.4 Å². The lowest BCUT2D eigenvalue weighted by atomic mass is 10.1. The molecule has 0 fully saturated rings. The van der Waals surface area contributed by atoms with Crippen LogP contribution in [0.25, 0.3) is 0 Å². The minimum absolute atomic E-state index is 0.204. The second-order valence-corrected chi connectivity index (χ2v) is 6.17. The maximum absolute atomic E-state index is 13.2. The van der Waals surface area contributed by atoms with Gasteiger partial charge in [-0.1, -0.05) is 18.2 Å². The molecule has 24 heavy (non-hydrogen) atoms. The van der Waals surface area contributed by atoms with Gasteiger partial charge in [0.05, 0.1) is 7.11 Å². The maximum Gasteiger partial charge on any atom is 0.328 e. The molecule has 0 aliphatic carbocycles. The van der Waals surface area contributed by atoms with Gasteiger partial charge in [0.1, 0.15) is 17.7 Å². The van der Waals surface area contributed by atoms with Crippen molar-refractivity contribution in [2.75, 3.05) is 7.11 Å². The molecule has 1 atom stereocenters. The van der Waals surface area contributed by atoms with E-state index in [2.05, 4.69) is 27.9 Å². The molecule has 1 N–H and O–H groups in total. The molecule has 0 saturated carbocycles. The summed E-state index contributed by atoms with van der Waals surface area (Å²) in [5, 5.41) is 2.46. The van der Waals surface area contributed by atoms with Crippen LogP contribution in [0.4, 0.5) is 8.78 Å². The summed E-state index contributed by atoms with van der Waals surface area (Å²) in [5.41, 5.74) is 0.642. The van der Waals surface area contributed by atoms with Gasteiger partial charge in [0.15, 0.2) is 0 Å². The first-order chi connectivity index (χ1) is 11.4. The van der Waals surface area contributed by atoms with E-state index in [-0.39, 0.29) is 12.0 Å². The van der Waals surface area contributed by atoms with Crippen LogP contribution in [0.3, 0.4) is 0 Å². The Hall–Kier alpha value is -2.03. The minimum atomic E-state index is -0.968. The number of hydrogen-bond acceptors (Lipinski definition) is 3. The zero-order valence-corrected chi connectivity index (χ0v) is 14.8. The molecule has 0 radical (unpaired) electrons. The van der Waals surface area contributed by atoms with Crippen LogP contribution in [-0.4, -0.2) is 25.0 Å². The van der Waals surface area contributed by atoms with Crippen molar-refractivity contribution in [3.63, 3.8) is 0 Å². The normalized spacial score (nSPS) is 11.7. The molecule has 2 aromatic carbocycles. The molecule has 0 heterocycles. The number of rotatable bonds is 5. The first kappa shape index (κ1) is 18.3. The monoisotopic (exact) mass is 445 g/mol. The van der Waals surface area contributed by atoms with Gasteiger partial charge >= 0.3 is 5.97 Å². The first-order valence-corrected chi connectivity index (χ1v) is 8.06. The standard InChI is InChI=1S/C17H14F2INO3/c1-24-17(23)15(8-10-4-2-3-5-14(10)20)21-16(22)11-6-12(18)9-13(19)7-11/h2-7,9,15H,8H2,1H3,(H,21,22)/t15-/m1/s1. The lowest BCUT2D eigenvalue weighted by Gasteiger charge is -2.17. The summed E-state index contributed by atoms with van der Waals surface area (Å²) in [6, 6.07) is 8.87. The highest BCUT2D eigenvalue weighted by Gasteiger charge is 2.23. The van der Waals surface area contributed by atoms with E-state index in [1.807, 2.05) is 24.3 Å². The van der Waals surface area contributed by atoms with Crippen molar-refractivity contribution in [1.82, 2.24) is 5.32 Å². The average Bonchev–Trinajstić information content (AvgIpc) is 2.54. The smallest absolute Gasteiger partial charge is 0.328 e. The highest BCUT2D eigenvalue weighted by atomic mass is 127. The van der Waals surface area contributed by atoms with E-state index in [4.69, 9.17) is 4.74 Å². The summed E-state index contributed by atoms with van der Waals surface area (Å²) >= 11 is 2.12. The Kier molecular flexibility index (Phi) is 6.24. The number of methoxy groups -OCH3 is 1. The first-order valence-electron chi connectivity index (χ1n) is 6.99. The molecule has 1 amide bonds. The molecule has 0 spiro atoms. The molecule has 0 saturated heterocycles. The Morgan fingerprint density at radius 2 is 1.79 bits per heavy atom. The molecule has 7 heteroatoms. The van der Waals surface area contributed by atoms with Crippen LogP contribution in [0.2, 0.25) is 0 Å². The molecular formula is C17H14F2INO3. The molecule has 0 aliphatic heterocycles. The number of carbonyl (C=O) groups is 2.